The molecule has 0 fully saturated rings. The van der Waals surface area contributed by atoms with Gasteiger partial charge in [-0.1, -0.05) is 6.07 Å². The lowest BCUT2D eigenvalue weighted by molar-refractivity contribution is -0.385. The zero-order chi connectivity index (χ0) is 25.1. The van der Waals surface area contributed by atoms with Crippen LogP contribution in [-0.4, -0.2) is 38.8 Å². The number of methoxy groups -OCH3 is 1. The molecule has 0 spiro atoms. The van der Waals surface area contributed by atoms with Crippen LogP contribution in [0.5, 0.6) is 17.4 Å². The molecule has 1 atom stereocenters. The van der Waals surface area contributed by atoms with E-state index in [0.717, 1.165) is 11.2 Å². The fourth-order valence-corrected chi connectivity index (χ4v) is 3.23. The molecule has 1 aromatic heterocycles. The van der Waals surface area contributed by atoms with Crippen molar-refractivity contribution in [1.29, 1.82) is 0 Å². The second-order valence-electron chi connectivity index (χ2n) is 7.17. The summed E-state index contributed by atoms with van der Waals surface area (Å²) in [6.07, 6.45) is 0.113. The highest BCUT2D eigenvalue weighted by Gasteiger charge is 2.34. The molecule has 13 nitrogen and oxygen atoms in total. The molecule has 2 aromatic carbocycles. The van der Waals surface area contributed by atoms with Crippen molar-refractivity contribution in [1.82, 2.24) is 9.99 Å². The van der Waals surface area contributed by atoms with E-state index in [1.807, 2.05) is 0 Å². The van der Waals surface area contributed by atoms with Crippen LogP contribution in [0.2, 0.25) is 0 Å². The number of nitrogens with zero attached hydrogens (tertiary/aromatic N) is 5. The lowest BCUT2D eigenvalue weighted by atomic mass is 10.1. The van der Waals surface area contributed by atoms with Gasteiger partial charge in [-0.3, -0.25) is 25.0 Å². The van der Waals surface area contributed by atoms with E-state index in [-0.39, 0.29) is 34.7 Å². The molecule has 0 radical (unpaired) electrons. The Morgan fingerprint density at radius 2 is 1.80 bits per heavy atom. The normalized spacial score (nSPS) is 14.6. The monoisotopic (exact) mass is 479 g/mol. The number of ether oxygens (including phenoxy) is 3. The highest BCUT2D eigenvalue weighted by atomic mass is 16.6. The Labute approximate surface area is 197 Å². The Kier molecular flexibility index (Phi) is 6.22. The first kappa shape index (κ1) is 23.1. The van der Waals surface area contributed by atoms with Crippen molar-refractivity contribution < 1.29 is 28.9 Å². The fourth-order valence-electron chi connectivity index (χ4n) is 3.23. The third-order valence-electron chi connectivity index (χ3n) is 4.89. The van der Waals surface area contributed by atoms with Crippen LogP contribution in [0.3, 0.4) is 0 Å². The van der Waals surface area contributed by atoms with Crippen molar-refractivity contribution in [2.45, 2.75) is 13.2 Å². The summed E-state index contributed by atoms with van der Waals surface area (Å²) in [6.45, 7) is 1.31. The number of non-ortho nitro benzene ring substituents is 1. The van der Waals surface area contributed by atoms with Gasteiger partial charge in [-0.25, -0.2) is 4.98 Å². The number of nitro benzene ring substituents is 1. The lowest BCUT2D eigenvalue weighted by Gasteiger charge is -2.20. The third kappa shape index (κ3) is 4.83. The first-order valence-corrected chi connectivity index (χ1v) is 10.0. The van der Waals surface area contributed by atoms with E-state index in [1.165, 1.54) is 44.4 Å². The Morgan fingerprint density at radius 3 is 2.43 bits per heavy atom. The number of aromatic nitrogens is 1. The van der Waals surface area contributed by atoms with Gasteiger partial charge in [-0.05, 0) is 24.3 Å². The van der Waals surface area contributed by atoms with Crippen LogP contribution < -0.4 is 9.47 Å². The van der Waals surface area contributed by atoms with Gasteiger partial charge in [0.15, 0.2) is 11.5 Å². The maximum atomic E-state index is 12.2. The minimum Gasteiger partial charge on any atom is -0.493 e. The van der Waals surface area contributed by atoms with Gasteiger partial charge in [0.05, 0.1) is 17.0 Å². The molecule has 4 rings (SSSR count). The molecule has 1 aliphatic heterocycles. The minimum absolute atomic E-state index is 0.0447. The standard InChI is InChI=1S/C22H17N5O8/c1-13(28)25-22(35-21(24-25)14-4-3-5-16(10-14)26(29)30)15-6-8-18(19(11-15)33-2)34-20-9-7-17(12-23-20)27(31)32/h3-12,22H,1-2H3/t22-/m0/s1. The van der Waals surface area contributed by atoms with E-state index in [1.54, 1.807) is 24.3 Å². The van der Waals surface area contributed by atoms with Crippen molar-refractivity contribution in [3.63, 3.8) is 0 Å². The SMILES string of the molecule is COc1cc([C@@H]2OC(c3cccc([N+](=O)[O-])c3)=NN2C(C)=O)ccc1Oc1ccc([N+](=O)[O-])cn1. The predicted molar refractivity (Wildman–Crippen MR) is 120 cm³/mol. The Balaban J connectivity index is 1.60. The number of hydrazone groups is 1. The molecule has 178 valence electrons. The molecule has 0 N–H and O–H groups in total. The predicted octanol–water partition coefficient (Wildman–Crippen LogP) is 3.94. The zero-order valence-corrected chi connectivity index (χ0v) is 18.4. The molecular formula is C22H17N5O8. The van der Waals surface area contributed by atoms with Crippen LogP contribution in [0.1, 0.15) is 24.3 Å². The fraction of sp³-hybridized carbons (Fsp3) is 0.136. The molecule has 35 heavy (non-hydrogen) atoms. The first-order chi connectivity index (χ1) is 16.8. The molecule has 0 saturated carbocycles. The molecule has 13 heteroatoms. The third-order valence-corrected chi connectivity index (χ3v) is 4.89. The molecule has 0 unspecified atom stereocenters. The molecule has 0 bridgehead atoms. The number of hydrogen-bond acceptors (Lipinski definition) is 10. The minimum atomic E-state index is -0.956. The van der Waals surface area contributed by atoms with Crippen molar-refractivity contribution in [3.05, 3.63) is 92.1 Å². The van der Waals surface area contributed by atoms with Gasteiger partial charge in [0, 0.05) is 42.3 Å². The average molecular weight is 479 g/mol. The quantitative estimate of drug-likeness (QED) is 0.361. The topological polar surface area (TPSA) is 160 Å². The van der Waals surface area contributed by atoms with Crippen molar-refractivity contribution >= 4 is 23.2 Å². The summed E-state index contributed by atoms with van der Waals surface area (Å²) in [7, 11) is 1.42. The van der Waals surface area contributed by atoms with E-state index in [0.29, 0.717) is 11.1 Å². The number of rotatable bonds is 7. The van der Waals surface area contributed by atoms with Gasteiger partial charge in [0.2, 0.25) is 23.9 Å². The van der Waals surface area contributed by atoms with Gasteiger partial charge >= 0.3 is 0 Å². The van der Waals surface area contributed by atoms with Crippen LogP contribution in [0.15, 0.2) is 65.9 Å². The summed E-state index contributed by atoms with van der Waals surface area (Å²) in [5.41, 5.74) is 0.505. The van der Waals surface area contributed by atoms with E-state index in [4.69, 9.17) is 14.2 Å². The number of pyridine rings is 1. The van der Waals surface area contributed by atoms with Crippen LogP contribution in [-0.2, 0) is 9.53 Å². The van der Waals surface area contributed by atoms with E-state index >= 15 is 0 Å². The molecule has 0 saturated heterocycles. The summed E-state index contributed by atoms with van der Waals surface area (Å²) < 4.78 is 17.0. The van der Waals surface area contributed by atoms with Crippen molar-refractivity contribution in [2.75, 3.05) is 7.11 Å². The highest BCUT2D eigenvalue weighted by molar-refractivity contribution is 5.96. The summed E-state index contributed by atoms with van der Waals surface area (Å²) in [5.74, 6) is 0.289. The van der Waals surface area contributed by atoms with Gasteiger partial charge in [0.25, 0.3) is 11.4 Å². The van der Waals surface area contributed by atoms with Crippen LogP contribution >= 0.6 is 0 Å². The largest absolute Gasteiger partial charge is 0.493 e. The summed E-state index contributed by atoms with van der Waals surface area (Å²) in [5, 5.41) is 27.2. The van der Waals surface area contributed by atoms with Crippen molar-refractivity contribution in [3.8, 4) is 17.4 Å². The van der Waals surface area contributed by atoms with Crippen LogP contribution in [0.4, 0.5) is 11.4 Å². The molecule has 2 heterocycles. The molecule has 3 aromatic rings. The Hall–Kier alpha value is -5.07. The average Bonchev–Trinajstić information content (AvgIpc) is 3.31. The first-order valence-electron chi connectivity index (χ1n) is 10.0. The molecule has 0 aliphatic carbocycles. The highest BCUT2D eigenvalue weighted by Crippen LogP contribution is 2.37. The lowest BCUT2D eigenvalue weighted by Crippen LogP contribution is -2.25. The number of hydrogen-bond donors (Lipinski definition) is 0. The molecular weight excluding hydrogens is 462 g/mol. The molecule has 1 aliphatic rings. The second kappa shape index (κ2) is 9.43. The number of benzene rings is 2. The zero-order valence-electron chi connectivity index (χ0n) is 18.4. The van der Waals surface area contributed by atoms with Gasteiger partial charge in [-0.15, -0.1) is 5.10 Å². The van der Waals surface area contributed by atoms with Crippen LogP contribution in [0, 0.1) is 20.2 Å². The number of nitro groups is 2. The summed E-state index contributed by atoms with van der Waals surface area (Å²) >= 11 is 0. The maximum absolute atomic E-state index is 12.2. The van der Waals surface area contributed by atoms with E-state index < -0.39 is 22.0 Å². The Bertz CT molecular complexity index is 1340. The van der Waals surface area contributed by atoms with Crippen molar-refractivity contribution in [2.24, 2.45) is 5.10 Å². The summed E-state index contributed by atoms with van der Waals surface area (Å²) in [6, 6.07) is 13.1. The van der Waals surface area contributed by atoms with Gasteiger partial charge in [-0.2, -0.15) is 5.01 Å². The van der Waals surface area contributed by atoms with Gasteiger partial charge in [0.1, 0.15) is 6.20 Å². The maximum Gasteiger partial charge on any atom is 0.287 e. The number of carbonyl (C=O) groups excluding carboxylic acids is 1. The number of carbonyl (C=O) groups is 1. The molecule has 1 amide bonds. The van der Waals surface area contributed by atoms with Crippen LogP contribution in [0.25, 0.3) is 0 Å². The second-order valence-corrected chi connectivity index (χ2v) is 7.17. The summed E-state index contributed by atoms with van der Waals surface area (Å²) in [4.78, 5) is 36.9. The van der Waals surface area contributed by atoms with Gasteiger partial charge < -0.3 is 14.2 Å². The van der Waals surface area contributed by atoms with E-state index in [9.17, 15) is 25.0 Å². The van der Waals surface area contributed by atoms with E-state index in [2.05, 4.69) is 10.1 Å². The smallest absolute Gasteiger partial charge is 0.287 e. The Morgan fingerprint density at radius 1 is 1.03 bits per heavy atom. The number of amides is 1.